The summed E-state index contributed by atoms with van der Waals surface area (Å²) >= 11 is 0. The number of nitrogens with zero attached hydrogens (tertiary/aromatic N) is 2. The molecule has 0 bridgehead atoms. The predicted molar refractivity (Wildman–Crippen MR) is 126 cm³/mol. The number of aromatic hydroxyl groups is 2. The number of phenols is 2. The number of hydrazone groups is 2. The second-order valence-electron chi connectivity index (χ2n) is 6.77. The first-order valence-corrected chi connectivity index (χ1v) is 10.0. The number of hydrogen-bond donors (Lipinski definition) is 4. The Balaban J connectivity index is 1.74. The Kier molecular flexibility index (Phi) is 10.0. The number of allylic oxidation sites excluding steroid dienone is 2. The molecule has 0 aliphatic carbocycles. The number of carbonyl (C=O) groups excluding carboxylic acids is 2. The van der Waals surface area contributed by atoms with Gasteiger partial charge in [-0.15, -0.1) is 13.2 Å². The van der Waals surface area contributed by atoms with Crippen molar-refractivity contribution < 1.29 is 24.5 Å². The van der Waals surface area contributed by atoms with E-state index in [-0.39, 0.29) is 11.5 Å². The lowest BCUT2D eigenvalue weighted by molar-refractivity contribution is -0.130. The van der Waals surface area contributed by atoms with Crippen LogP contribution in [-0.2, 0) is 27.2 Å². The maximum absolute atomic E-state index is 11.8. The van der Waals surface area contributed by atoms with Crippen LogP contribution >= 0.6 is 0 Å². The maximum Gasteiger partial charge on any atom is 0.266 e. The van der Waals surface area contributed by atoms with Crippen molar-refractivity contribution in [2.24, 2.45) is 10.2 Å². The summed E-state index contributed by atoms with van der Waals surface area (Å²) in [5.74, 6) is -1.03. The standard InChI is InChI=1S/C24H26N4O5/c1-3-7-17-9-5-11-19(23(17)31)13-25-27-21(29)15-33-16-22(30)28-26-14-20-12-6-10-18(8-4-2)24(20)32/h3-6,9-14,31-32H,1-2,7-8,15-16H2,(H,27,29)(H,28,30)/b25-13-,26-14+. The topological polar surface area (TPSA) is 133 Å². The van der Waals surface area contributed by atoms with Crippen molar-refractivity contribution in [3.05, 3.63) is 84.0 Å². The van der Waals surface area contributed by atoms with E-state index in [1.54, 1.807) is 48.6 Å². The molecule has 0 aromatic heterocycles. The van der Waals surface area contributed by atoms with Crippen molar-refractivity contribution in [3.63, 3.8) is 0 Å². The van der Waals surface area contributed by atoms with E-state index in [0.717, 1.165) is 0 Å². The van der Waals surface area contributed by atoms with Gasteiger partial charge in [0.1, 0.15) is 24.7 Å². The number of phenolic OH excluding ortho intramolecular Hbond substituents is 2. The number of para-hydroxylation sites is 2. The molecule has 0 aliphatic rings. The van der Waals surface area contributed by atoms with Crippen LogP contribution in [-0.4, -0.2) is 47.7 Å². The molecular weight excluding hydrogens is 424 g/mol. The molecule has 2 amide bonds. The summed E-state index contributed by atoms with van der Waals surface area (Å²) in [6.07, 6.45) is 6.96. The summed E-state index contributed by atoms with van der Waals surface area (Å²) in [6.45, 7) is 6.46. The van der Waals surface area contributed by atoms with Crippen LogP contribution in [0.4, 0.5) is 0 Å². The van der Waals surface area contributed by atoms with E-state index in [1.807, 2.05) is 0 Å². The van der Waals surface area contributed by atoms with Gasteiger partial charge in [-0.3, -0.25) is 9.59 Å². The minimum atomic E-state index is -0.576. The largest absolute Gasteiger partial charge is 0.507 e. The maximum atomic E-state index is 11.8. The molecule has 0 atom stereocenters. The summed E-state index contributed by atoms with van der Waals surface area (Å²) in [5.41, 5.74) is 6.76. The van der Waals surface area contributed by atoms with Crippen LogP contribution < -0.4 is 10.9 Å². The summed E-state index contributed by atoms with van der Waals surface area (Å²) < 4.78 is 5.02. The van der Waals surface area contributed by atoms with E-state index in [0.29, 0.717) is 35.1 Å². The number of carbonyl (C=O) groups is 2. The van der Waals surface area contributed by atoms with Crippen LogP contribution in [0.5, 0.6) is 11.5 Å². The van der Waals surface area contributed by atoms with Gasteiger partial charge < -0.3 is 14.9 Å². The number of hydrogen-bond acceptors (Lipinski definition) is 7. The Bertz CT molecular complexity index is 979. The van der Waals surface area contributed by atoms with Gasteiger partial charge in [-0.05, 0) is 36.1 Å². The number of rotatable bonds is 12. The first kappa shape index (κ1) is 25.0. The van der Waals surface area contributed by atoms with Crippen molar-refractivity contribution in [1.82, 2.24) is 10.9 Å². The van der Waals surface area contributed by atoms with Gasteiger partial charge in [0.15, 0.2) is 0 Å². The number of benzene rings is 2. The molecule has 2 rings (SSSR count). The summed E-state index contributed by atoms with van der Waals surface area (Å²) in [4.78, 5) is 23.5. The van der Waals surface area contributed by atoms with Crippen molar-refractivity contribution in [1.29, 1.82) is 0 Å². The van der Waals surface area contributed by atoms with Gasteiger partial charge in [0.25, 0.3) is 11.8 Å². The van der Waals surface area contributed by atoms with Crippen LogP contribution in [0.15, 0.2) is 71.9 Å². The van der Waals surface area contributed by atoms with Gasteiger partial charge in [-0.2, -0.15) is 10.2 Å². The van der Waals surface area contributed by atoms with Gasteiger partial charge >= 0.3 is 0 Å². The van der Waals surface area contributed by atoms with E-state index < -0.39 is 25.0 Å². The smallest absolute Gasteiger partial charge is 0.266 e. The third-order valence-electron chi connectivity index (χ3n) is 4.28. The second-order valence-corrected chi connectivity index (χ2v) is 6.77. The molecule has 2 aromatic rings. The number of ether oxygens (including phenoxy) is 1. The molecule has 0 fully saturated rings. The third-order valence-corrected chi connectivity index (χ3v) is 4.28. The number of amides is 2. The fourth-order valence-corrected chi connectivity index (χ4v) is 2.72. The zero-order chi connectivity index (χ0) is 24.1. The molecule has 172 valence electrons. The highest BCUT2D eigenvalue weighted by molar-refractivity contribution is 5.87. The number of nitrogens with one attached hydrogen (secondary N) is 2. The Morgan fingerprint density at radius 2 is 1.24 bits per heavy atom. The van der Waals surface area contributed by atoms with Crippen molar-refractivity contribution >= 4 is 24.2 Å². The Morgan fingerprint density at radius 3 is 1.64 bits per heavy atom. The lowest BCUT2D eigenvalue weighted by Gasteiger charge is -2.05. The molecule has 0 unspecified atom stereocenters. The van der Waals surface area contributed by atoms with Gasteiger partial charge in [0.2, 0.25) is 0 Å². The van der Waals surface area contributed by atoms with Gasteiger partial charge in [-0.1, -0.05) is 36.4 Å². The molecule has 0 saturated heterocycles. The van der Waals surface area contributed by atoms with E-state index in [9.17, 15) is 19.8 Å². The predicted octanol–water partition coefficient (Wildman–Crippen LogP) is 2.17. The van der Waals surface area contributed by atoms with Crippen molar-refractivity contribution in [3.8, 4) is 11.5 Å². The molecule has 0 radical (unpaired) electrons. The zero-order valence-corrected chi connectivity index (χ0v) is 18.0. The molecule has 0 heterocycles. The Morgan fingerprint density at radius 1 is 0.818 bits per heavy atom. The Labute approximate surface area is 191 Å². The van der Waals surface area contributed by atoms with Gasteiger partial charge in [0.05, 0.1) is 12.4 Å². The highest BCUT2D eigenvalue weighted by Gasteiger charge is 2.07. The SMILES string of the molecule is C=CCc1cccc(/C=N\NC(=O)COCC(=O)N/N=C/c2cccc(CC=C)c2O)c1O. The average Bonchev–Trinajstić information content (AvgIpc) is 2.79. The minimum absolute atomic E-state index is 0.0598. The fourth-order valence-electron chi connectivity index (χ4n) is 2.72. The van der Waals surface area contributed by atoms with Crippen LogP contribution in [0.3, 0.4) is 0 Å². The quantitative estimate of drug-likeness (QED) is 0.223. The lowest BCUT2D eigenvalue weighted by atomic mass is 10.1. The van der Waals surface area contributed by atoms with Crippen LogP contribution in [0.1, 0.15) is 22.3 Å². The molecular formula is C24H26N4O5. The molecule has 2 aromatic carbocycles. The summed E-state index contributed by atoms with van der Waals surface area (Å²) in [5, 5.41) is 27.8. The van der Waals surface area contributed by atoms with E-state index in [1.165, 1.54) is 12.4 Å². The first-order chi connectivity index (χ1) is 16.0. The van der Waals surface area contributed by atoms with Crippen molar-refractivity contribution in [2.45, 2.75) is 12.8 Å². The highest BCUT2D eigenvalue weighted by atomic mass is 16.5. The van der Waals surface area contributed by atoms with E-state index in [2.05, 4.69) is 34.2 Å². The summed E-state index contributed by atoms with van der Waals surface area (Å²) in [6, 6.07) is 10.3. The molecule has 4 N–H and O–H groups in total. The zero-order valence-electron chi connectivity index (χ0n) is 18.0. The van der Waals surface area contributed by atoms with Crippen LogP contribution in [0.2, 0.25) is 0 Å². The lowest BCUT2D eigenvalue weighted by Crippen LogP contribution is -2.28. The Hall–Kier alpha value is -4.24. The fraction of sp³-hybridized carbons (Fsp3) is 0.167. The summed E-state index contributed by atoms with van der Waals surface area (Å²) in [7, 11) is 0. The van der Waals surface area contributed by atoms with Gasteiger partial charge in [0, 0.05) is 11.1 Å². The average molecular weight is 450 g/mol. The normalized spacial score (nSPS) is 10.9. The second kappa shape index (κ2) is 13.2. The van der Waals surface area contributed by atoms with E-state index in [4.69, 9.17) is 4.74 Å². The van der Waals surface area contributed by atoms with Crippen molar-refractivity contribution in [2.75, 3.05) is 13.2 Å². The first-order valence-electron chi connectivity index (χ1n) is 10.0. The monoisotopic (exact) mass is 450 g/mol. The highest BCUT2D eigenvalue weighted by Crippen LogP contribution is 2.22. The van der Waals surface area contributed by atoms with Crippen LogP contribution in [0, 0.1) is 0 Å². The molecule has 33 heavy (non-hydrogen) atoms. The van der Waals surface area contributed by atoms with Gasteiger partial charge in [-0.25, -0.2) is 10.9 Å². The molecule has 0 aliphatic heterocycles. The molecule has 9 heteroatoms. The minimum Gasteiger partial charge on any atom is -0.507 e. The van der Waals surface area contributed by atoms with E-state index >= 15 is 0 Å². The molecule has 9 nitrogen and oxygen atoms in total. The third kappa shape index (κ3) is 8.08. The molecule has 0 saturated carbocycles. The van der Waals surface area contributed by atoms with Crippen LogP contribution in [0.25, 0.3) is 0 Å². The molecule has 0 spiro atoms.